The average molecular weight is 326 g/mol. The van der Waals surface area contributed by atoms with Crippen LogP contribution in [-0.4, -0.2) is 56.5 Å². The van der Waals surface area contributed by atoms with E-state index in [-0.39, 0.29) is 10.8 Å². The molecule has 4 atom stereocenters. The SMILES string of the molecule is CC(CC1CO1)(CC1CO1)C(N)(N)C(C)(CC1CO1)CC1CO1. The van der Waals surface area contributed by atoms with Gasteiger partial charge in [-0.15, -0.1) is 0 Å². The van der Waals surface area contributed by atoms with Crippen LogP contribution in [0.4, 0.5) is 0 Å². The Bertz CT molecular complexity index is 386. The third-order valence-corrected chi connectivity index (χ3v) is 6.32. The lowest BCUT2D eigenvalue weighted by atomic mass is 9.57. The van der Waals surface area contributed by atoms with Gasteiger partial charge in [0.1, 0.15) is 0 Å². The molecule has 4 heterocycles. The first-order valence-electron chi connectivity index (χ1n) is 8.86. The van der Waals surface area contributed by atoms with Crippen molar-refractivity contribution < 1.29 is 18.9 Å². The maximum atomic E-state index is 6.93. The average Bonchev–Trinajstić information content (AvgIpc) is 3.31. The van der Waals surface area contributed by atoms with Crippen molar-refractivity contribution in [3.05, 3.63) is 0 Å². The molecule has 0 aromatic heterocycles. The van der Waals surface area contributed by atoms with Gasteiger partial charge in [-0.2, -0.15) is 0 Å². The summed E-state index contributed by atoms with van der Waals surface area (Å²) >= 11 is 0. The summed E-state index contributed by atoms with van der Waals surface area (Å²) in [6.07, 6.45) is 4.76. The van der Waals surface area contributed by atoms with Crippen molar-refractivity contribution in [2.75, 3.05) is 26.4 Å². The van der Waals surface area contributed by atoms with Crippen molar-refractivity contribution >= 4 is 0 Å². The van der Waals surface area contributed by atoms with Crippen LogP contribution >= 0.6 is 0 Å². The van der Waals surface area contributed by atoms with Gasteiger partial charge < -0.3 is 30.4 Å². The van der Waals surface area contributed by atoms with E-state index < -0.39 is 5.66 Å². The lowest BCUT2D eigenvalue weighted by molar-refractivity contribution is -0.0259. The summed E-state index contributed by atoms with van der Waals surface area (Å²) in [5.74, 6) is 0. The smallest absolute Gasteiger partial charge is 0.0816 e. The Kier molecular flexibility index (Phi) is 3.80. The number of hydrogen-bond acceptors (Lipinski definition) is 6. The van der Waals surface area contributed by atoms with Gasteiger partial charge in [-0.25, -0.2) is 0 Å². The second kappa shape index (κ2) is 5.38. The highest BCUT2D eigenvalue weighted by atomic mass is 16.6. The molecule has 0 aromatic rings. The molecule has 4 N–H and O–H groups in total. The monoisotopic (exact) mass is 326 g/mol. The Labute approximate surface area is 138 Å². The predicted octanol–water partition coefficient (Wildman–Crippen LogP) is 0.768. The normalized spacial score (nSPS) is 40.2. The summed E-state index contributed by atoms with van der Waals surface area (Å²) in [6.45, 7) is 7.74. The molecule has 0 amide bonds. The third kappa shape index (κ3) is 3.43. The Morgan fingerprint density at radius 2 is 0.870 bits per heavy atom. The van der Waals surface area contributed by atoms with Crippen LogP contribution in [0.3, 0.4) is 0 Å². The van der Waals surface area contributed by atoms with Crippen molar-refractivity contribution in [3.8, 4) is 0 Å². The largest absolute Gasteiger partial charge is 0.373 e. The van der Waals surface area contributed by atoms with E-state index in [0.29, 0.717) is 24.4 Å². The van der Waals surface area contributed by atoms with E-state index in [0.717, 1.165) is 52.1 Å². The molecule has 4 saturated heterocycles. The molecule has 4 aliphatic rings. The van der Waals surface area contributed by atoms with E-state index >= 15 is 0 Å². The highest BCUT2D eigenvalue weighted by molar-refractivity contribution is 5.11. The Morgan fingerprint density at radius 1 is 0.652 bits per heavy atom. The molecule has 132 valence electrons. The van der Waals surface area contributed by atoms with Gasteiger partial charge >= 0.3 is 0 Å². The summed E-state index contributed by atoms with van der Waals surface area (Å²) < 4.78 is 22.0. The van der Waals surface area contributed by atoms with E-state index in [4.69, 9.17) is 30.4 Å². The first-order chi connectivity index (χ1) is 10.8. The Hall–Kier alpha value is -0.240. The fraction of sp³-hybridized carbons (Fsp3) is 1.00. The van der Waals surface area contributed by atoms with E-state index in [1.165, 1.54) is 0 Å². The molecule has 4 unspecified atom stereocenters. The summed E-state index contributed by atoms with van der Waals surface area (Å²) in [5, 5.41) is 0. The number of epoxide rings is 4. The molecule has 0 bridgehead atoms. The lowest BCUT2D eigenvalue weighted by Gasteiger charge is -2.54. The second-order valence-electron chi connectivity index (χ2n) is 8.63. The third-order valence-electron chi connectivity index (χ3n) is 6.32. The first-order valence-corrected chi connectivity index (χ1v) is 8.86. The van der Waals surface area contributed by atoms with Gasteiger partial charge in [-0.3, -0.25) is 0 Å². The standard InChI is InChI=1S/C17H30N2O4/c1-15(3-11-7-20-11,4-12-8-21-12)17(18,19)16(2,5-13-9-22-13)6-14-10-23-14/h11-14H,3-10,18-19H2,1-2H3. The fourth-order valence-corrected chi connectivity index (χ4v) is 4.32. The zero-order chi connectivity index (χ0) is 16.3. The van der Waals surface area contributed by atoms with Crippen LogP contribution in [0.5, 0.6) is 0 Å². The molecule has 6 nitrogen and oxygen atoms in total. The highest BCUT2D eigenvalue weighted by Crippen LogP contribution is 2.53. The summed E-state index contributed by atoms with van der Waals surface area (Å²) in [7, 11) is 0. The van der Waals surface area contributed by atoms with Gasteiger partial charge in [0.05, 0.1) is 56.5 Å². The van der Waals surface area contributed by atoms with E-state index in [1.54, 1.807) is 0 Å². The number of ether oxygens (including phenoxy) is 4. The van der Waals surface area contributed by atoms with Crippen LogP contribution in [0.2, 0.25) is 0 Å². The van der Waals surface area contributed by atoms with E-state index in [1.807, 2.05) is 0 Å². The number of rotatable bonds is 10. The first kappa shape index (κ1) is 16.2. The van der Waals surface area contributed by atoms with Crippen LogP contribution in [0.25, 0.3) is 0 Å². The summed E-state index contributed by atoms with van der Waals surface area (Å²) in [4.78, 5) is 0. The van der Waals surface area contributed by atoms with Crippen molar-refractivity contribution in [1.29, 1.82) is 0 Å². The second-order valence-corrected chi connectivity index (χ2v) is 8.63. The maximum Gasteiger partial charge on any atom is 0.0816 e. The molecule has 0 aliphatic carbocycles. The van der Waals surface area contributed by atoms with Gasteiger partial charge in [-0.1, -0.05) is 13.8 Å². The molecule has 23 heavy (non-hydrogen) atoms. The maximum absolute atomic E-state index is 6.93. The van der Waals surface area contributed by atoms with Gasteiger partial charge in [0, 0.05) is 10.8 Å². The molecule has 0 radical (unpaired) electrons. The van der Waals surface area contributed by atoms with Crippen LogP contribution in [0, 0.1) is 10.8 Å². The van der Waals surface area contributed by atoms with Crippen molar-refractivity contribution in [3.63, 3.8) is 0 Å². The van der Waals surface area contributed by atoms with Gasteiger partial charge in [0.2, 0.25) is 0 Å². The fourth-order valence-electron chi connectivity index (χ4n) is 4.32. The lowest BCUT2D eigenvalue weighted by Crippen LogP contribution is -2.71. The Morgan fingerprint density at radius 3 is 1.04 bits per heavy atom. The van der Waals surface area contributed by atoms with Gasteiger partial charge in [0.25, 0.3) is 0 Å². The van der Waals surface area contributed by atoms with Crippen molar-refractivity contribution in [2.24, 2.45) is 22.3 Å². The van der Waals surface area contributed by atoms with Crippen LogP contribution in [-0.2, 0) is 18.9 Å². The van der Waals surface area contributed by atoms with Crippen molar-refractivity contribution in [2.45, 2.75) is 69.6 Å². The van der Waals surface area contributed by atoms with E-state index in [9.17, 15) is 0 Å². The Balaban J connectivity index is 1.58. The summed E-state index contributed by atoms with van der Waals surface area (Å²) in [5.41, 5.74) is 12.6. The topological polar surface area (TPSA) is 102 Å². The minimum Gasteiger partial charge on any atom is -0.373 e. The molecular formula is C17H30N2O4. The molecule has 0 saturated carbocycles. The van der Waals surface area contributed by atoms with Crippen LogP contribution < -0.4 is 11.5 Å². The molecule has 4 aliphatic heterocycles. The van der Waals surface area contributed by atoms with Gasteiger partial charge in [-0.05, 0) is 25.7 Å². The number of hydrogen-bond donors (Lipinski definition) is 2. The molecule has 6 heteroatoms. The van der Waals surface area contributed by atoms with Crippen LogP contribution in [0.1, 0.15) is 39.5 Å². The highest BCUT2D eigenvalue weighted by Gasteiger charge is 2.59. The molecule has 0 spiro atoms. The minimum atomic E-state index is -0.824. The number of nitrogens with two attached hydrogens (primary N) is 2. The van der Waals surface area contributed by atoms with Crippen molar-refractivity contribution in [1.82, 2.24) is 0 Å². The van der Waals surface area contributed by atoms with E-state index in [2.05, 4.69) is 13.8 Å². The van der Waals surface area contributed by atoms with Gasteiger partial charge in [0.15, 0.2) is 0 Å². The predicted molar refractivity (Wildman–Crippen MR) is 84.7 cm³/mol. The quantitative estimate of drug-likeness (QED) is 0.454. The minimum absolute atomic E-state index is 0.228. The zero-order valence-corrected chi connectivity index (χ0v) is 14.3. The zero-order valence-electron chi connectivity index (χ0n) is 14.3. The van der Waals surface area contributed by atoms with Crippen LogP contribution in [0.15, 0.2) is 0 Å². The molecule has 4 fully saturated rings. The molecule has 0 aromatic carbocycles. The molecule has 4 rings (SSSR count). The summed E-state index contributed by atoms with van der Waals surface area (Å²) in [6, 6.07) is 0. The molecular weight excluding hydrogens is 296 g/mol.